The zero-order chi connectivity index (χ0) is 16.9. The number of carbonyl (C=O) groups excluding carboxylic acids is 2. The monoisotopic (exact) mass is 329 g/mol. The predicted molar refractivity (Wildman–Crippen MR) is 88.9 cm³/mol. The third kappa shape index (κ3) is 3.82. The largest absolute Gasteiger partial charge is 0.356 e. The van der Waals surface area contributed by atoms with Crippen LogP contribution >= 0.6 is 0 Å². The molecule has 3 rings (SSSR count). The molecule has 1 atom stereocenters. The lowest BCUT2D eigenvalue weighted by Crippen LogP contribution is -2.33. The van der Waals surface area contributed by atoms with Crippen LogP contribution in [0.4, 0.5) is 10.1 Å². The Balaban J connectivity index is 1.47. The number of aryl methyl sites for hydroxylation is 1. The van der Waals surface area contributed by atoms with Crippen molar-refractivity contribution in [2.75, 3.05) is 18.0 Å². The highest BCUT2D eigenvalue weighted by Gasteiger charge is 2.34. The number of amides is 2. The molecule has 1 aromatic heterocycles. The van der Waals surface area contributed by atoms with Gasteiger partial charge in [0, 0.05) is 44.1 Å². The van der Waals surface area contributed by atoms with Gasteiger partial charge in [-0.2, -0.15) is 0 Å². The SMILES string of the molecule is O=C(NCCCn1cccc1)[C@H]1CC(=O)N(c2ccc(F)cc2)C1. The Morgan fingerprint density at radius 2 is 1.92 bits per heavy atom. The van der Waals surface area contributed by atoms with Gasteiger partial charge in [0.05, 0.1) is 5.92 Å². The Morgan fingerprint density at radius 1 is 1.21 bits per heavy atom. The Bertz CT molecular complexity index is 698. The molecule has 1 aliphatic heterocycles. The molecule has 2 amide bonds. The molecule has 5 nitrogen and oxygen atoms in total. The highest BCUT2D eigenvalue weighted by molar-refractivity contribution is 6.00. The summed E-state index contributed by atoms with van der Waals surface area (Å²) in [6, 6.07) is 9.68. The molecule has 1 aromatic carbocycles. The average Bonchev–Trinajstić information content (AvgIpc) is 3.22. The van der Waals surface area contributed by atoms with Crippen LogP contribution in [0.1, 0.15) is 12.8 Å². The lowest BCUT2D eigenvalue weighted by atomic mass is 10.1. The van der Waals surface area contributed by atoms with E-state index in [1.807, 2.05) is 24.5 Å². The quantitative estimate of drug-likeness (QED) is 0.826. The molecule has 1 aliphatic rings. The molecule has 0 bridgehead atoms. The van der Waals surface area contributed by atoms with E-state index in [9.17, 15) is 14.0 Å². The van der Waals surface area contributed by atoms with E-state index in [2.05, 4.69) is 9.88 Å². The highest BCUT2D eigenvalue weighted by atomic mass is 19.1. The minimum Gasteiger partial charge on any atom is -0.356 e. The molecular formula is C18H20FN3O2. The molecule has 2 heterocycles. The van der Waals surface area contributed by atoms with Crippen molar-refractivity contribution in [3.63, 3.8) is 0 Å². The maximum atomic E-state index is 13.0. The number of nitrogens with zero attached hydrogens (tertiary/aromatic N) is 2. The van der Waals surface area contributed by atoms with E-state index >= 15 is 0 Å². The van der Waals surface area contributed by atoms with Crippen LogP contribution in [-0.4, -0.2) is 29.5 Å². The van der Waals surface area contributed by atoms with E-state index in [1.54, 1.807) is 17.0 Å². The smallest absolute Gasteiger partial charge is 0.227 e. The Kier molecular flexibility index (Phi) is 4.93. The molecule has 24 heavy (non-hydrogen) atoms. The second-order valence-corrected chi connectivity index (χ2v) is 5.95. The lowest BCUT2D eigenvalue weighted by molar-refractivity contribution is -0.126. The fourth-order valence-corrected chi connectivity index (χ4v) is 2.89. The standard InChI is InChI=1S/C18H20FN3O2/c19-15-4-6-16(7-5-15)22-13-14(12-17(22)23)18(24)20-8-3-11-21-9-1-2-10-21/h1-2,4-7,9-10,14H,3,8,11-13H2,(H,20,24)/t14-/m0/s1. The van der Waals surface area contributed by atoms with Crippen molar-refractivity contribution in [2.45, 2.75) is 19.4 Å². The van der Waals surface area contributed by atoms with E-state index in [-0.39, 0.29) is 30.0 Å². The van der Waals surface area contributed by atoms with Gasteiger partial charge in [-0.05, 0) is 42.8 Å². The topological polar surface area (TPSA) is 54.3 Å². The van der Waals surface area contributed by atoms with Crippen LogP contribution in [0, 0.1) is 11.7 Å². The van der Waals surface area contributed by atoms with Gasteiger partial charge in [0.15, 0.2) is 0 Å². The molecule has 0 aliphatic carbocycles. The first-order valence-electron chi connectivity index (χ1n) is 8.08. The summed E-state index contributed by atoms with van der Waals surface area (Å²) >= 11 is 0. The van der Waals surface area contributed by atoms with Gasteiger partial charge >= 0.3 is 0 Å². The summed E-state index contributed by atoms with van der Waals surface area (Å²) < 4.78 is 15.0. The van der Waals surface area contributed by atoms with Crippen molar-refractivity contribution in [3.05, 3.63) is 54.6 Å². The van der Waals surface area contributed by atoms with Gasteiger partial charge in [-0.1, -0.05) is 0 Å². The lowest BCUT2D eigenvalue weighted by Gasteiger charge is -2.16. The number of rotatable bonds is 6. The van der Waals surface area contributed by atoms with Crippen molar-refractivity contribution < 1.29 is 14.0 Å². The van der Waals surface area contributed by atoms with E-state index < -0.39 is 0 Å². The van der Waals surface area contributed by atoms with Crippen molar-refractivity contribution in [2.24, 2.45) is 5.92 Å². The third-order valence-electron chi connectivity index (χ3n) is 4.19. The fraction of sp³-hybridized carbons (Fsp3) is 0.333. The molecule has 0 unspecified atom stereocenters. The second-order valence-electron chi connectivity index (χ2n) is 5.95. The normalized spacial score (nSPS) is 17.3. The summed E-state index contributed by atoms with van der Waals surface area (Å²) in [6.45, 7) is 1.77. The Hall–Kier alpha value is -2.63. The molecule has 126 valence electrons. The predicted octanol–water partition coefficient (Wildman–Crippen LogP) is 2.19. The van der Waals surface area contributed by atoms with Crippen LogP contribution in [0.5, 0.6) is 0 Å². The molecule has 0 saturated carbocycles. The van der Waals surface area contributed by atoms with Gasteiger partial charge in [0.1, 0.15) is 5.82 Å². The van der Waals surface area contributed by atoms with Crippen molar-refractivity contribution >= 4 is 17.5 Å². The number of halogens is 1. The van der Waals surface area contributed by atoms with E-state index in [0.29, 0.717) is 18.8 Å². The maximum absolute atomic E-state index is 13.0. The minimum absolute atomic E-state index is 0.0968. The zero-order valence-electron chi connectivity index (χ0n) is 13.3. The molecule has 1 fully saturated rings. The second kappa shape index (κ2) is 7.29. The Morgan fingerprint density at radius 3 is 2.62 bits per heavy atom. The molecule has 6 heteroatoms. The molecule has 2 aromatic rings. The van der Waals surface area contributed by atoms with Gasteiger partial charge in [-0.15, -0.1) is 0 Å². The zero-order valence-corrected chi connectivity index (χ0v) is 13.3. The maximum Gasteiger partial charge on any atom is 0.227 e. The number of aromatic nitrogens is 1. The van der Waals surface area contributed by atoms with Gasteiger partial charge in [0.2, 0.25) is 11.8 Å². The summed E-state index contributed by atoms with van der Waals surface area (Å²) in [5.74, 6) is -0.897. The van der Waals surface area contributed by atoms with E-state index in [1.165, 1.54) is 12.1 Å². The van der Waals surface area contributed by atoms with E-state index in [4.69, 9.17) is 0 Å². The average molecular weight is 329 g/mol. The van der Waals surface area contributed by atoms with Gasteiger partial charge < -0.3 is 14.8 Å². The number of carbonyl (C=O) groups is 2. The first-order chi connectivity index (χ1) is 11.6. The molecular weight excluding hydrogens is 309 g/mol. The summed E-state index contributed by atoms with van der Waals surface area (Å²) in [5.41, 5.74) is 0.629. The number of hydrogen-bond donors (Lipinski definition) is 1. The number of benzene rings is 1. The molecule has 1 N–H and O–H groups in total. The molecule has 1 saturated heterocycles. The van der Waals surface area contributed by atoms with Crippen LogP contribution in [0.15, 0.2) is 48.8 Å². The summed E-state index contributed by atoms with van der Waals surface area (Å²) in [5, 5.41) is 2.90. The fourth-order valence-electron chi connectivity index (χ4n) is 2.89. The first-order valence-corrected chi connectivity index (χ1v) is 8.08. The summed E-state index contributed by atoms with van der Waals surface area (Å²) in [7, 11) is 0. The Labute approximate surface area is 140 Å². The summed E-state index contributed by atoms with van der Waals surface area (Å²) in [4.78, 5) is 25.9. The number of hydrogen-bond acceptors (Lipinski definition) is 2. The first kappa shape index (κ1) is 16.2. The van der Waals surface area contributed by atoms with Gasteiger partial charge in [-0.25, -0.2) is 4.39 Å². The van der Waals surface area contributed by atoms with Crippen LogP contribution in [0.2, 0.25) is 0 Å². The van der Waals surface area contributed by atoms with Crippen LogP contribution in [0.3, 0.4) is 0 Å². The highest BCUT2D eigenvalue weighted by Crippen LogP contribution is 2.25. The van der Waals surface area contributed by atoms with Crippen molar-refractivity contribution in [1.82, 2.24) is 9.88 Å². The van der Waals surface area contributed by atoms with Crippen LogP contribution in [-0.2, 0) is 16.1 Å². The third-order valence-corrected chi connectivity index (χ3v) is 4.19. The van der Waals surface area contributed by atoms with Crippen molar-refractivity contribution in [1.29, 1.82) is 0 Å². The van der Waals surface area contributed by atoms with E-state index in [0.717, 1.165) is 13.0 Å². The van der Waals surface area contributed by atoms with Crippen LogP contribution in [0.25, 0.3) is 0 Å². The van der Waals surface area contributed by atoms with Crippen LogP contribution < -0.4 is 10.2 Å². The number of anilines is 1. The minimum atomic E-state index is -0.353. The number of nitrogens with one attached hydrogen (secondary N) is 1. The van der Waals surface area contributed by atoms with Gasteiger partial charge in [0.25, 0.3) is 0 Å². The molecule has 0 radical (unpaired) electrons. The summed E-state index contributed by atoms with van der Waals surface area (Å²) in [6.07, 6.45) is 5.00. The van der Waals surface area contributed by atoms with Gasteiger partial charge in [-0.3, -0.25) is 9.59 Å². The van der Waals surface area contributed by atoms with Crippen molar-refractivity contribution in [3.8, 4) is 0 Å². The molecule has 0 spiro atoms.